The minimum Gasteiger partial charge on any atom is -0.497 e. The number of carbonyl (C=O) groups is 1. The van der Waals surface area contributed by atoms with Crippen molar-refractivity contribution in [1.82, 2.24) is 0 Å². The van der Waals surface area contributed by atoms with Crippen LogP contribution in [0.25, 0.3) is 0 Å². The van der Waals surface area contributed by atoms with Gasteiger partial charge in [0.2, 0.25) is 0 Å². The molecule has 0 heterocycles. The molecule has 0 radical (unpaired) electrons. The molecule has 2 rings (SSSR count). The summed E-state index contributed by atoms with van der Waals surface area (Å²) < 4.78 is 15.8. The Bertz CT molecular complexity index is 695. The number of hydrogen-bond acceptors (Lipinski definition) is 6. The molecule has 0 aliphatic heterocycles. The van der Waals surface area contributed by atoms with E-state index in [-0.39, 0.29) is 18.6 Å². The van der Waals surface area contributed by atoms with Crippen LogP contribution in [0.15, 0.2) is 54.3 Å². The van der Waals surface area contributed by atoms with Crippen molar-refractivity contribution in [2.75, 3.05) is 32.3 Å². The second kappa shape index (κ2) is 8.94. The molecule has 6 heteroatoms. The third-order valence-electron chi connectivity index (χ3n) is 3.94. The van der Waals surface area contributed by atoms with E-state index in [1.807, 2.05) is 18.2 Å². The third kappa shape index (κ3) is 5.39. The Morgan fingerprint density at radius 3 is 2.80 bits per heavy atom. The first-order valence-electron chi connectivity index (χ1n) is 7.99. The van der Waals surface area contributed by atoms with Crippen LogP contribution >= 0.6 is 0 Å². The van der Waals surface area contributed by atoms with Gasteiger partial charge < -0.3 is 25.7 Å². The molecule has 1 aromatic carbocycles. The summed E-state index contributed by atoms with van der Waals surface area (Å²) in [6.45, 7) is 0.235. The molecule has 6 nitrogen and oxygen atoms in total. The molecule has 0 saturated heterocycles. The van der Waals surface area contributed by atoms with Crippen LogP contribution in [0.1, 0.15) is 5.56 Å². The highest BCUT2D eigenvalue weighted by Crippen LogP contribution is 2.21. The van der Waals surface area contributed by atoms with E-state index in [0.717, 1.165) is 11.3 Å². The fourth-order valence-electron chi connectivity index (χ4n) is 2.52. The summed E-state index contributed by atoms with van der Waals surface area (Å²) >= 11 is 0. The summed E-state index contributed by atoms with van der Waals surface area (Å²) in [4.78, 5) is 11.9. The molecule has 25 heavy (non-hydrogen) atoms. The predicted octanol–water partition coefficient (Wildman–Crippen LogP) is 2.22. The van der Waals surface area contributed by atoms with Crippen molar-refractivity contribution in [3.05, 3.63) is 59.9 Å². The van der Waals surface area contributed by atoms with Gasteiger partial charge in [0.05, 0.1) is 19.8 Å². The molecule has 0 spiro atoms. The van der Waals surface area contributed by atoms with Crippen LogP contribution in [0.2, 0.25) is 0 Å². The number of allylic oxidation sites excluding steroid dienone is 1. The first-order chi connectivity index (χ1) is 12.0. The van der Waals surface area contributed by atoms with E-state index in [9.17, 15) is 4.79 Å². The van der Waals surface area contributed by atoms with Crippen molar-refractivity contribution in [2.24, 2.45) is 5.92 Å². The molecule has 2 unspecified atom stereocenters. The number of methoxy groups -OCH3 is 2. The molecule has 134 valence electrons. The van der Waals surface area contributed by atoms with Crippen molar-refractivity contribution in [2.45, 2.75) is 12.5 Å². The summed E-state index contributed by atoms with van der Waals surface area (Å²) in [5.41, 5.74) is 13.7. The summed E-state index contributed by atoms with van der Waals surface area (Å²) in [6, 6.07) is 5.27. The van der Waals surface area contributed by atoms with E-state index < -0.39 is 5.97 Å². The van der Waals surface area contributed by atoms with Gasteiger partial charge in [-0.2, -0.15) is 0 Å². The highest BCUT2D eigenvalue weighted by atomic mass is 16.5. The van der Waals surface area contributed by atoms with Gasteiger partial charge in [0, 0.05) is 36.9 Å². The number of rotatable bonds is 7. The Kier molecular flexibility index (Phi) is 6.65. The number of nitrogens with two attached hydrogens (primary N) is 2. The molecule has 0 aromatic heterocycles. The highest BCUT2D eigenvalue weighted by molar-refractivity contribution is 5.82. The molecular formula is C19H24N2O4. The van der Waals surface area contributed by atoms with Crippen molar-refractivity contribution in [1.29, 1.82) is 0 Å². The van der Waals surface area contributed by atoms with E-state index in [0.29, 0.717) is 17.8 Å². The number of ether oxygens (including phenoxy) is 3. The van der Waals surface area contributed by atoms with E-state index >= 15 is 0 Å². The molecule has 2 atom stereocenters. The highest BCUT2D eigenvalue weighted by Gasteiger charge is 2.19. The zero-order valence-corrected chi connectivity index (χ0v) is 14.5. The lowest BCUT2D eigenvalue weighted by Gasteiger charge is -2.21. The van der Waals surface area contributed by atoms with Crippen LogP contribution in [0, 0.1) is 5.92 Å². The quantitative estimate of drug-likeness (QED) is 0.447. The second-order valence-corrected chi connectivity index (χ2v) is 5.64. The van der Waals surface area contributed by atoms with E-state index in [1.54, 1.807) is 38.5 Å². The van der Waals surface area contributed by atoms with Crippen molar-refractivity contribution < 1.29 is 19.0 Å². The van der Waals surface area contributed by atoms with Crippen LogP contribution in [0.4, 0.5) is 11.4 Å². The average molecular weight is 344 g/mol. The Balaban J connectivity index is 1.84. The first kappa shape index (κ1) is 18.6. The monoisotopic (exact) mass is 344 g/mol. The predicted molar refractivity (Wildman–Crippen MR) is 97.6 cm³/mol. The molecule has 0 fully saturated rings. The molecule has 0 amide bonds. The minimum atomic E-state index is -0.410. The summed E-state index contributed by atoms with van der Waals surface area (Å²) in [6.07, 6.45) is 9.13. The van der Waals surface area contributed by atoms with Crippen molar-refractivity contribution in [3.63, 3.8) is 0 Å². The van der Waals surface area contributed by atoms with Crippen LogP contribution in [-0.4, -0.2) is 32.9 Å². The fourth-order valence-corrected chi connectivity index (χ4v) is 2.52. The zero-order chi connectivity index (χ0) is 18.2. The standard InChI is InChI=1S/C19H24N2O4/c1-23-16-6-3-13(18(12-16)24-2)4-8-19(22)25-10-9-14-11-15(20)5-7-17(14)21/h3-8,11-13,18H,9-10,20-21H2,1-2H3/b8-4+. The van der Waals surface area contributed by atoms with Gasteiger partial charge in [-0.3, -0.25) is 0 Å². The molecule has 1 aliphatic rings. The van der Waals surface area contributed by atoms with E-state index in [1.165, 1.54) is 6.08 Å². The number of hydrogen-bond donors (Lipinski definition) is 2. The maximum Gasteiger partial charge on any atom is 0.330 e. The SMILES string of the molecule is COC1=CC(OC)C(/C=C/C(=O)OCCc2cc(N)ccc2N)C=C1. The molecule has 4 N–H and O–H groups in total. The lowest BCUT2D eigenvalue weighted by Crippen LogP contribution is -2.21. The number of benzene rings is 1. The average Bonchev–Trinajstić information content (AvgIpc) is 2.62. The Morgan fingerprint density at radius 1 is 1.28 bits per heavy atom. The lowest BCUT2D eigenvalue weighted by atomic mass is 9.96. The summed E-state index contributed by atoms with van der Waals surface area (Å²) in [5, 5.41) is 0. The zero-order valence-electron chi connectivity index (χ0n) is 14.5. The number of esters is 1. The van der Waals surface area contributed by atoms with Crippen LogP contribution in [-0.2, 0) is 25.4 Å². The van der Waals surface area contributed by atoms with Crippen molar-refractivity contribution in [3.8, 4) is 0 Å². The van der Waals surface area contributed by atoms with Gasteiger partial charge in [0.15, 0.2) is 0 Å². The summed E-state index contributed by atoms with van der Waals surface area (Å²) in [7, 11) is 3.21. The van der Waals surface area contributed by atoms with Gasteiger partial charge in [-0.05, 0) is 35.9 Å². The van der Waals surface area contributed by atoms with Gasteiger partial charge in [-0.25, -0.2) is 4.79 Å². The summed E-state index contributed by atoms with van der Waals surface area (Å²) in [5.74, 6) is 0.270. The van der Waals surface area contributed by atoms with Crippen LogP contribution < -0.4 is 11.5 Å². The van der Waals surface area contributed by atoms with Gasteiger partial charge >= 0.3 is 5.97 Å². The lowest BCUT2D eigenvalue weighted by molar-refractivity contribution is -0.137. The van der Waals surface area contributed by atoms with Gasteiger partial charge in [0.25, 0.3) is 0 Å². The van der Waals surface area contributed by atoms with Crippen LogP contribution in [0.3, 0.4) is 0 Å². The molecule has 1 aromatic rings. The maximum atomic E-state index is 11.9. The third-order valence-corrected chi connectivity index (χ3v) is 3.94. The van der Waals surface area contributed by atoms with E-state index in [4.69, 9.17) is 25.7 Å². The number of carbonyl (C=O) groups excluding carboxylic acids is 1. The van der Waals surface area contributed by atoms with Crippen LogP contribution in [0.5, 0.6) is 0 Å². The Morgan fingerprint density at radius 2 is 2.08 bits per heavy atom. The van der Waals surface area contributed by atoms with Gasteiger partial charge in [-0.15, -0.1) is 0 Å². The van der Waals surface area contributed by atoms with Gasteiger partial charge in [-0.1, -0.05) is 12.2 Å². The largest absolute Gasteiger partial charge is 0.497 e. The first-order valence-corrected chi connectivity index (χ1v) is 7.99. The molecule has 0 bridgehead atoms. The molecular weight excluding hydrogens is 320 g/mol. The molecule has 0 saturated carbocycles. The maximum absolute atomic E-state index is 11.9. The molecule has 1 aliphatic carbocycles. The number of anilines is 2. The second-order valence-electron chi connectivity index (χ2n) is 5.64. The minimum absolute atomic E-state index is 0.0546. The van der Waals surface area contributed by atoms with E-state index in [2.05, 4.69) is 0 Å². The van der Waals surface area contributed by atoms with Crippen molar-refractivity contribution >= 4 is 17.3 Å². The smallest absolute Gasteiger partial charge is 0.330 e. The fraction of sp³-hybridized carbons (Fsp3) is 0.316. The Hall–Kier alpha value is -2.73. The normalized spacial score (nSPS) is 19.7. The topological polar surface area (TPSA) is 96.8 Å². The van der Waals surface area contributed by atoms with Gasteiger partial charge in [0.1, 0.15) is 5.76 Å². The Labute approximate surface area is 147 Å². The number of nitrogen functional groups attached to an aromatic ring is 2.